The molecule has 0 saturated heterocycles. The summed E-state index contributed by atoms with van der Waals surface area (Å²) < 4.78 is 18.8. The number of hydrogen-bond donors (Lipinski definition) is 1. The number of benzene rings is 1. The highest BCUT2D eigenvalue weighted by molar-refractivity contribution is 7.13. The SMILES string of the molecule is COc1cccc(F)c1-c1nc(CN)cs1. The van der Waals surface area contributed by atoms with Crippen molar-refractivity contribution in [2.75, 3.05) is 7.11 Å². The van der Waals surface area contributed by atoms with Gasteiger partial charge in [0.05, 0.1) is 18.4 Å². The predicted molar refractivity (Wildman–Crippen MR) is 62.0 cm³/mol. The summed E-state index contributed by atoms with van der Waals surface area (Å²) in [6.45, 7) is 0.354. The average Bonchev–Trinajstić information content (AvgIpc) is 2.76. The molecule has 0 unspecified atom stereocenters. The van der Waals surface area contributed by atoms with Crippen molar-refractivity contribution >= 4 is 11.3 Å². The molecule has 0 aliphatic heterocycles. The lowest BCUT2D eigenvalue weighted by Gasteiger charge is -2.06. The molecule has 16 heavy (non-hydrogen) atoms. The van der Waals surface area contributed by atoms with Crippen LogP contribution in [0, 0.1) is 5.82 Å². The molecule has 1 aromatic carbocycles. The maximum absolute atomic E-state index is 13.7. The van der Waals surface area contributed by atoms with E-state index in [2.05, 4.69) is 4.98 Å². The zero-order chi connectivity index (χ0) is 11.5. The maximum atomic E-state index is 13.7. The molecule has 0 fully saturated rings. The molecule has 0 saturated carbocycles. The predicted octanol–water partition coefficient (Wildman–Crippen LogP) is 2.42. The van der Waals surface area contributed by atoms with Crippen molar-refractivity contribution in [2.45, 2.75) is 6.54 Å². The normalized spacial score (nSPS) is 10.4. The van der Waals surface area contributed by atoms with Crippen molar-refractivity contribution in [1.29, 1.82) is 0 Å². The van der Waals surface area contributed by atoms with Crippen LogP contribution in [0.5, 0.6) is 5.75 Å². The number of rotatable bonds is 3. The zero-order valence-electron chi connectivity index (χ0n) is 8.74. The van der Waals surface area contributed by atoms with E-state index in [4.69, 9.17) is 10.5 Å². The Morgan fingerprint density at radius 1 is 1.50 bits per heavy atom. The lowest BCUT2D eigenvalue weighted by atomic mass is 10.2. The van der Waals surface area contributed by atoms with E-state index in [9.17, 15) is 4.39 Å². The molecule has 3 nitrogen and oxygen atoms in total. The first kappa shape index (κ1) is 11.0. The van der Waals surface area contributed by atoms with E-state index in [1.54, 1.807) is 12.1 Å². The van der Waals surface area contributed by atoms with Gasteiger partial charge in [-0.25, -0.2) is 9.37 Å². The molecule has 0 radical (unpaired) electrons. The van der Waals surface area contributed by atoms with E-state index in [1.165, 1.54) is 24.5 Å². The Morgan fingerprint density at radius 3 is 2.94 bits per heavy atom. The Morgan fingerprint density at radius 2 is 2.31 bits per heavy atom. The van der Waals surface area contributed by atoms with Crippen LogP contribution in [0.2, 0.25) is 0 Å². The van der Waals surface area contributed by atoms with Gasteiger partial charge in [0, 0.05) is 11.9 Å². The third-order valence-corrected chi connectivity index (χ3v) is 3.08. The van der Waals surface area contributed by atoms with Gasteiger partial charge in [-0.15, -0.1) is 11.3 Å². The fourth-order valence-corrected chi connectivity index (χ4v) is 2.28. The highest BCUT2D eigenvalue weighted by Crippen LogP contribution is 2.34. The summed E-state index contributed by atoms with van der Waals surface area (Å²) >= 11 is 1.36. The monoisotopic (exact) mass is 238 g/mol. The molecule has 0 spiro atoms. The molecule has 0 amide bonds. The van der Waals surface area contributed by atoms with Crippen molar-refractivity contribution in [3.63, 3.8) is 0 Å². The number of ether oxygens (including phenoxy) is 1. The first-order valence-electron chi connectivity index (χ1n) is 4.73. The van der Waals surface area contributed by atoms with Crippen LogP contribution in [0.1, 0.15) is 5.69 Å². The minimum absolute atomic E-state index is 0.336. The topological polar surface area (TPSA) is 48.1 Å². The molecule has 0 bridgehead atoms. The van der Waals surface area contributed by atoms with Crippen LogP contribution in [-0.2, 0) is 6.54 Å². The molecule has 5 heteroatoms. The Hall–Kier alpha value is -1.46. The van der Waals surface area contributed by atoms with E-state index in [0.717, 1.165) is 5.69 Å². The van der Waals surface area contributed by atoms with Crippen LogP contribution < -0.4 is 10.5 Å². The summed E-state index contributed by atoms with van der Waals surface area (Å²) in [6, 6.07) is 4.71. The minimum atomic E-state index is -0.336. The summed E-state index contributed by atoms with van der Waals surface area (Å²) in [6.07, 6.45) is 0. The van der Waals surface area contributed by atoms with Crippen LogP contribution in [0.15, 0.2) is 23.6 Å². The van der Waals surface area contributed by atoms with Crippen molar-refractivity contribution in [1.82, 2.24) is 4.98 Å². The fourth-order valence-electron chi connectivity index (χ4n) is 1.40. The van der Waals surface area contributed by atoms with Crippen LogP contribution in [-0.4, -0.2) is 12.1 Å². The number of nitrogens with zero attached hydrogens (tertiary/aromatic N) is 1. The van der Waals surface area contributed by atoms with Crippen LogP contribution in [0.3, 0.4) is 0 Å². The Labute approximate surface area is 96.7 Å². The molecule has 0 aliphatic carbocycles. The van der Waals surface area contributed by atoms with E-state index in [1.807, 2.05) is 5.38 Å². The van der Waals surface area contributed by atoms with Crippen molar-refractivity contribution < 1.29 is 9.13 Å². The summed E-state index contributed by atoms with van der Waals surface area (Å²) in [7, 11) is 1.51. The van der Waals surface area contributed by atoms with Gasteiger partial charge < -0.3 is 10.5 Å². The van der Waals surface area contributed by atoms with Gasteiger partial charge >= 0.3 is 0 Å². The number of hydrogen-bond acceptors (Lipinski definition) is 4. The molecule has 84 valence electrons. The lowest BCUT2D eigenvalue weighted by Crippen LogP contribution is -1.96. The van der Waals surface area contributed by atoms with E-state index in [0.29, 0.717) is 22.9 Å². The Kier molecular flexibility index (Phi) is 3.17. The van der Waals surface area contributed by atoms with Gasteiger partial charge in [0.25, 0.3) is 0 Å². The summed E-state index contributed by atoms with van der Waals surface area (Å²) in [4.78, 5) is 4.24. The van der Waals surface area contributed by atoms with E-state index >= 15 is 0 Å². The van der Waals surface area contributed by atoms with Crippen LogP contribution >= 0.6 is 11.3 Å². The molecule has 0 atom stereocenters. The van der Waals surface area contributed by atoms with Crippen molar-refractivity contribution in [3.8, 4) is 16.3 Å². The van der Waals surface area contributed by atoms with Crippen LogP contribution in [0.25, 0.3) is 10.6 Å². The molecule has 1 aromatic heterocycles. The minimum Gasteiger partial charge on any atom is -0.496 e. The Balaban J connectivity index is 2.53. The van der Waals surface area contributed by atoms with Gasteiger partial charge in [-0.05, 0) is 12.1 Å². The first-order valence-corrected chi connectivity index (χ1v) is 5.61. The number of methoxy groups -OCH3 is 1. The maximum Gasteiger partial charge on any atom is 0.137 e. The smallest absolute Gasteiger partial charge is 0.137 e. The second kappa shape index (κ2) is 4.59. The van der Waals surface area contributed by atoms with Gasteiger partial charge in [0.1, 0.15) is 16.6 Å². The summed E-state index contributed by atoms with van der Waals surface area (Å²) in [5, 5.41) is 2.41. The van der Waals surface area contributed by atoms with Crippen molar-refractivity contribution in [3.05, 3.63) is 35.1 Å². The van der Waals surface area contributed by atoms with Crippen molar-refractivity contribution in [2.24, 2.45) is 5.73 Å². The average molecular weight is 238 g/mol. The molecule has 0 aliphatic rings. The standard InChI is InChI=1S/C11H11FN2OS/c1-15-9-4-2-3-8(12)10(9)11-14-7(5-13)6-16-11/h2-4,6H,5,13H2,1H3. The second-order valence-corrected chi connectivity index (χ2v) is 4.02. The van der Waals surface area contributed by atoms with Gasteiger partial charge in [-0.1, -0.05) is 6.07 Å². The van der Waals surface area contributed by atoms with Gasteiger partial charge in [0.15, 0.2) is 0 Å². The molecule has 1 heterocycles. The zero-order valence-corrected chi connectivity index (χ0v) is 9.55. The summed E-state index contributed by atoms with van der Waals surface area (Å²) in [5.74, 6) is 0.148. The van der Waals surface area contributed by atoms with E-state index < -0.39 is 0 Å². The molecular formula is C11H11FN2OS. The van der Waals surface area contributed by atoms with Crippen LogP contribution in [0.4, 0.5) is 4.39 Å². The van der Waals surface area contributed by atoms with Gasteiger partial charge in [0.2, 0.25) is 0 Å². The molecule has 2 aromatic rings. The van der Waals surface area contributed by atoms with Gasteiger partial charge in [-0.3, -0.25) is 0 Å². The number of thiazole rings is 1. The third-order valence-electron chi connectivity index (χ3n) is 2.17. The molecular weight excluding hydrogens is 227 g/mol. The quantitative estimate of drug-likeness (QED) is 0.893. The first-order chi connectivity index (χ1) is 7.76. The lowest BCUT2D eigenvalue weighted by molar-refractivity contribution is 0.413. The highest BCUT2D eigenvalue weighted by atomic mass is 32.1. The number of nitrogens with two attached hydrogens (primary N) is 1. The highest BCUT2D eigenvalue weighted by Gasteiger charge is 2.14. The number of aromatic nitrogens is 1. The fraction of sp³-hybridized carbons (Fsp3) is 0.182. The summed E-state index contributed by atoms with van der Waals surface area (Å²) in [5.41, 5.74) is 6.62. The Bertz CT molecular complexity index is 498. The van der Waals surface area contributed by atoms with Gasteiger partial charge in [-0.2, -0.15) is 0 Å². The molecule has 2 rings (SSSR count). The third kappa shape index (κ3) is 1.91. The largest absolute Gasteiger partial charge is 0.496 e. The van der Waals surface area contributed by atoms with E-state index in [-0.39, 0.29) is 5.82 Å². The second-order valence-electron chi connectivity index (χ2n) is 3.17. The number of halogens is 1. The molecule has 2 N–H and O–H groups in total.